The van der Waals surface area contributed by atoms with Crippen molar-refractivity contribution in [3.63, 3.8) is 0 Å². The number of halogens is 1. The van der Waals surface area contributed by atoms with Gasteiger partial charge in [0.25, 0.3) is 10.0 Å². The molecule has 7 nitrogen and oxygen atoms in total. The number of rotatable bonds is 5. The lowest BCUT2D eigenvalue weighted by atomic mass is 9.97. The van der Waals surface area contributed by atoms with Crippen LogP contribution in [0.25, 0.3) is 11.3 Å². The molecule has 0 saturated heterocycles. The Labute approximate surface area is 195 Å². The first-order chi connectivity index (χ1) is 15.8. The zero-order valence-electron chi connectivity index (χ0n) is 17.8. The first-order valence-electron chi connectivity index (χ1n) is 10.4. The molecule has 0 bridgehead atoms. The maximum atomic E-state index is 13.3. The van der Waals surface area contributed by atoms with E-state index in [-0.39, 0.29) is 27.7 Å². The molecule has 10 heteroatoms. The van der Waals surface area contributed by atoms with E-state index < -0.39 is 10.0 Å². The molecule has 5 rings (SSSR count). The highest BCUT2D eigenvalue weighted by molar-refractivity contribution is 7.91. The zero-order valence-corrected chi connectivity index (χ0v) is 19.5. The van der Waals surface area contributed by atoms with Gasteiger partial charge in [0, 0.05) is 18.7 Å². The molecule has 0 fully saturated rings. The molecule has 1 aliphatic rings. The van der Waals surface area contributed by atoms with Gasteiger partial charge in [0.2, 0.25) is 0 Å². The predicted molar refractivity (Wildman–Crippen MR) is 126 cm³/mol. The number of fused-ring (bicyclic) bond motifs is 1. The maximum Gasteiger partial charge on any atom is 0.254 e. The van der Waals surface area contributed by atoms with Gasteiger partial charge in [-0.3, -0.25) is 0 Å². The number of hydrogen-bond acceptors (Lipinski definition) is 6. The molecule has 2 N–H and O–H groups in total. The molecule has 2 aromatic heterocycles. The van der Waals surface area contributed by atoms with E-state index in [1.165, 1.54) is 22.6 Å². The van der Waals surface area contributed by atoms with Crippen molar-refractivity contribution in [1.29, 1.82) is 0 Å². The summed E-state index contributed by atoms with van der Waals surface area (Å²) in [6, 6.07) is 12.5. The lowest BCUT2D eigenvalue weighted by molar-refractivity contribution is 0.392. The second-order valence-corrected chi connectivity index (χ2v) is 11.2. The Balaban J connectivity index is 1.45. The fraction of sp³-hybridized carbons (Fsp3) is 0.217. The SMILES string of the molecule is CC(c1ccc(F)cc1)n1cncc1-c1ccc2c(c1)CN(S(=O)(=O)c1cnc(N)s1)CC2. The van der Waals surface area contributed by atoms with E-state index in [0.717, 1.165) is 39.3 Å². The summed E-state index contributed by atoms with van der Waals surface area (Å²) < 4.78 is 43.1. The van der Waals surface area contributed by atoms with Gasteiger partial charge >= 0.3 is 0 Å². The molecule has 0 radical (unpaired) electrons. The van der Waals surface area contributed by atoms with E-state index in [0.29, 0.717) is 13.0 Å². The summed E-state index contributed by atoms with van der Waals surface area (Å²) in [5.41, 5.74) is 10.6. The summed E-state index contributed by atoms with van der Waals surface area (Å²) >= 11 is 0.977. The fourth-order valence-corrected chi connectivity index (χ4v) is 6.64. The molecule has 2 aromatic carbocycles. The standard InChI is InChI=1S/C23H22FN5O2S2/c1-15(16-4-6-20(24)7-5-16)29-14-26-11-21(29)18-3-2-17-8-9-28(13-19(17)10-18)33(30,31)22-12-27-23(25)32-22/h2-7,10-12,14-15H,8-9,13H2,1H3,(H2,25,27). The van der Waals surface area contributed by atoms with Crippen molar-refractivity contribution in [2.45, 2.75) is 30.1 Å². The van der Waals surface area contributed by atoms with Gasteiger partial charge in [-0.1, -0.05) is 35.6 Å². The maximum absolute atomic E-state index is 13.3. The van der Waals surface area contributed by atoms with E-state index in [4.69, 9.17) is 5.73 Å². The molecule has 0 amide bonds. The van der Waals surface area contributed by atoms with Crippen LogP contribution in [0, 0.1) is 5.82 Å². The van der Waals surface area contributed by atoms with E-state index >= 15 is 0 Å². The van der Waals surface area contributed by atoms with E-state index in [2.05, 4.69) is 16.0 Å². The highest BCUT2D eigenvalue weighted by Gasteiger charge is 2.30. The van der Waals surface area contributed by atoms with Crippen molar-refractivity contribution < 1.29 is 12.8 Å². The summed E-state index contributed by atoms with van der Waals surface area (Å²) in [4.78, 5) is 8.22. The third kappa shape index (κ3) is 4.05. The van der Waals surface area contributed by atoms with Gasteiger partial charge in [-0.05, 0) is 48.2 Å². The third-order valence-electron chi connectivity index (χ3n) is 6.01. The van der Waals surface area contributed by atoms with Crippen LogP contribution in [0.5, 0.6) is 0 Å². The normalized spacial score (nSPS) is 15.3. The molecule has 1 atom stereocenters. The quantitative estimate of drug-likeness (QED) is 0.462. The molecule has 0 aliphatic carbocycles. The second-order valence-electron chi connectivity index (χ2n) is 8.00. The van der Waals surface area contributed by atoms with Gasteiger partial charge < -0.3 is 10.3 Å². The molecular weight excluding hydrogens is 461 g/mol. The van der Waals surface area contributed by atoms with Crippen molar-refractivity contribution in [2.24, 2.45) is 0 Å². The number of anilines is 1. The monoisotopic (exact) mass is 483 g/mol. The largest absolute Gasteiger partial charge is 0.375 e. The number of thiazole rings is 1. The van der Waals surface area contributed by atoms with Crippen LogP contribution >= 0.6 is 11.3 Å². The number of imidazole rings is 1. The van der Waals surface area contributed by atoms with Gasteiger partial charge in [-0.25, -0.2) is 22.8 Å². The van der Waals surface area contributed by atoms with Crippen molar-refractivity contribution in [3.8, 4) is 11.3 Å². The van der Waals surface area contributed by atoms with Gasteiger partial charge in [-0.15, -0.1) is 0 Å². The number of sulfonamides is 1. The molecular formula is C23H22FN5O2S2. The summed E-state index contributed by atoms with van der Waals surface area (Å²) in [6.45, 7) is 2.73. The number of nitrogen functional groups attached to an aromatic ring is 1. The average Bonchev–Trinajstić information content (AvgIpc) is 3.48. The summed E-state index contributed by atoms with van der Waals surface area (Å²) in [7, 11) is -3.65. The van der Waals surface area contributed by atoms with E-state index in [1.54, 1.807) is 24.7 Å². The highest BCUT2D eigenvalue weighted by atomic mass is 32.2. The van der Waals surface area contributed by atoms with Crippen LogP contribution in [-0.2, 0) is 23.0 Å². The Morgan fingerprint density at radius 2 is 1.91 bits per heavy atom. The predicted octanol–water partition coefficient (Wildman–Crippen LogP) is 4.08. The number of nitrogens with zero attached hydrogens (tertiary/aromatic N) is 4. The molecule has 0 spiro atoms. The van der Waals surface area contributed by atoms with Crippen molar-refractivity contribution >= 4 is 26.5 Å². The summed E-state index contributed by atoms with van der Waals surface area (Å²) in [5.74, 6) is -0.271. The zero-order chi connectivity index (χ0) is 23.2. The minimum Gasteiger partial charge on any atom is -0.375 e. The van der Waals surface area contributed by atoms with E-state index in [1.807, 2.05) is 23.6 Å². The fourth-order valence-electron chi connectivity index (χ4n) is 4.15. The first kappa shape index (κ1) is 21.7. The van der Waals surface area contributed by atoms with E-state index in [9.17, 15) is 12.8 Å². The number of aromatic nitrogens is 3. The van der Waals surface area contributed by atoms with Gasteiger partial charge in [-0.2, -0.15) is 4.31 Å². The summed E-state index contributed by atoms with van der Waals surface area (Å²) in [6.07, 6.45) is 5.50. The van der Waals surface area contributed by atoms with Gasteiger partial charge in [0.1, 0.15) is 5.82 Å². The average molecular weight is 484 g/mol. The van der Waals surface area contributed by atoms with Crippen molar-refractivity contribution in [2.75, 3.05) is 12.3 Å². The molecule has 33 heavy (non-hydrogen) atoms. The third-order valence-corrected chi connectivity index (χ3v) is 9.12. The van der Waals surface area contributed by atoms with Crippen molar-refractivity contribution in [1.82, 2.24) is 18.8 Å². The second kappa shape index (κ2) is 8.36. The molecule has 1 aliphatic heterocycles. The van der Waals surface area contributed by atoms with Crippen LogP contribution in [0.3, 0.4) is 0 Å². The van der Waals surface area contributed by atoms with Crippen LogP contribution in [0.2, 0.25) is 0 Å². The Morgan fingerprint density at radius 3 is 2.64 bits per heavy atom. The lowest BCUT2D eigenvalue weighted by Gasteiger charge is -2.28. The van der Waals surface area contributed by atoms with Crippen molar-refractivity contribution in [3.05, 3.63) is 83.7 Å². The van der Waals surface area contributed by atoms with Crippen LogP contribution in [0.4, 0.5) is 9.52 Å². The Bertz CT molecular complexity index is 1410. The highest BCUT2D eigenvalue weighted by Crippen LogP contribution is 2.32. The minimum atomic E-state index is -3.65. The molecule has 170 valence electrons. The lowest BCUT2D eigenvalue weighted by Crippen LogP contribution is -2.35. The Morgan fingerprint density at radius 1 is 1.12 bits per heavy atom. The number of nitrogens with two attached hydrogens (primary N) is 1. The molecule has 1 unspecified atom stereocenters. The minimum absolute atomic E-state index is 0.0483. The summed E-state index contributed by atoms with van der Waals surface area (Å²) in [5, 5.41) is 0.233. The van der Waals surface area contributed by atoms with Crippen LogP contribution in [-0.4, -0.2) is 33.8 Å². The van der Waals surface area contributed by atoms with Gasteiger partial charge in [0.15, 0.2) is 9.34 Å². The molecule has 0 saturated carbocycles. The van der Waals surface area contributed by atoms with Gasteiger partial charge in [0.05, 0.1) is 30.5 Å². The first-order valence-corrected chi connectivity index (χ1v) is 12.7. The topological polar surface area (TPSA) is 94.1 Å². The molecule has 4 aromatic rings. The smallest absolute Gasteiger partial charge is 0.254 e. The van der Waals surface area contributed by atoms with Crippen LogP contribution in [0.1, 0.15) is 29.7 Å². The molecule has 3 heterocycles. The van der Waals surface area contributed by atoms with Crippen LogP contribution < -0.4 is 5.73 Å². The number of hydrogen-bond donors (Lipinski definition) is 1. The Hall–Kier alpha value is -3.08. The van der Waals surface area contributed by atoms with Crippen LogP contribution in [0.15, 0.2) is 65.4 Å². The Kier molecular flexibility index (Phi) is 5.51. The number of benzene rings is 2.